The lowest BCUT2D eigenvalue weighted by Gasteiger charge is -2.36. The molecule has 3 atom stereocenters. The van der Waals surface area contributed by atoms with Crippen LogP contribution in [0.5, 0.6) is 5.75 Å². The van der Waals surface area contributed by atoms with Crippen LogP contribution in [0.25, 0.3) is 10.9 Å². The molecule has 2 aliphatic rings. The number of amides is 1. The molecule has 0 spiro atoms. The second kappa shape index (κ2) is 6.25. The lowest BCUT2D eigenvalue weighted by Crippen LogP contribution is -2.48. The van der Waals surface area contributed by atoms with Gasteiger partial charge in [0.1, 0.15) is 5.75 Å². The molecule has 2 aliphatic heterocycles. The normalized spacial score (nSPS) is 26.3. The predicted octanol–water partition coefficient (Wildman–Crippen LogP) is 2.52. The topological polar surface area (TPSA) is 70.2 Å². The number of H-pyrrole nitrogens is 1. The van der Waals surface area contributed by atoms with Crippen LogP contribution in [0.15, 0.2) is 18.2 Å². The highest BCUT2D eigenvalue weighted by molar-refractivity contribution is 6.05. The van der Waals surface area contributed by atoms with E-state index < -0.39 is 6.61 Å². The first kappa shape index (κ1) is 16.3. The number of halogens is 2. The quantitative estimate of drug-likeness (QED) is 0.889. The van der Waals surface area contributed by atoms with Gasteiger partial charge in [0, 0.05) is 29.6 Å². The Balaban J connectivity index is 1.49. The average Bonchev–Trinajstić information content (AvgIpc) is 3.04. The number of aromatic nitrogens is 2. The molecule has 1 amide bonds. The summed E-state index contributed by atoms with van der Waals surface area (Å²) >= 11 is 0. The molecular weight excluding hydrogens is 330 g/mol. The van der Waals surface area contributed by atoms with Gasteiger partial charge in [-0.05, 0) is 44.9 Å². The van der Waals surface area contributed by atoms with Crippen molar-refractivity contribution in [3.05, 3.63) is 23.9 Å². The molecule has 2 fully saturated rings. The Bertz CT molecular complexity index is 780. The number of carbonyl (C=O) groups is 1. The van der Waals surface area contributed by atoms with Crippen LogP contribution in [0, 0.1) is 0 Å². The number of benzene rings is 1. The van der Waals surface area contributed by atoms with Crippen molar-refractivity contribution in [3.63, 3.8) is 0 Å². The highest BCUT2D eigenvalue weighted by Crippen LogP contribution is 2.34. The van der Waals surface area contributed by atoms with E-state index in [1.54, 1.807) is 6.07 Å². The van der Waals surface area contributed by atoms with E-state index in [1.807, 2.05) is 0 Å². The molecule has 6 nitrogen and oxygen atoms in total. The van der Waals surface area contributed by atoms with E-state index in [-0.39, 0.29) is 23.4 Å². The van der Waals surface area contributed by atoms with Gasteiger partial charge >= 0.3 is 6.61 Å². The van der Waals surface area contributed by atoms with E-state index >= 15 is 0 Å². The number of piperidine rings is 1. The molecule has 0 saturated carbocycles. The van der Waals surface area contributed by atoms with E-state index in [0.29, 0.717) is 23.0 Å². The van der Waals surface area contributed by atoms with E-state index in [4.69, 9.17) is 0 Å². The van der Waals surface area contributed by atoms with Gasteiger partial charge in [-0.2, -0.15) is 13.9 Å². The first-order chi connectivity index (χ1) is 12.0. The Morgan fingerprint density at radius 3 is 2.76 bits per heavy atom. The van der Waals surface area contributed by atoms with Gasteiger partial charge in [-0.15, -0.1) is 0 Å². The summed E-state index contributed by atoms with van der Waals surface area (Å²) in [4.78, 5) is 15.0. The molecule has 8 heteroatoms. The summed E-state index contributed by atoms with van der Waals surface area (Å²) in [6.45, 7) is -2.89. The summed E-state index contributed by atoms with van der Waals surface area (Å²) in [5.74, 6) is -0.201. The fraction of sp³-hybridized carbons (Fsp3) is 0.529. The monoisotopic (exact) mass is 350 g/mol. The Morgan fingerprint density at radius 2 is 2.08 bits per heavy atom. The maximum Gasteiger partial charge on any atom is 0.387 e. The molecule has 2 aromatic rings. The highest BCUT2D eigenvalue weighted by Gasteiger charge is 2.39. The summed E-state index contributed by atoms with van der Waals surface area (Å²) in [5, 5.41) is 10.4. The minimum absolute atomic E-state index is 0.0324. The third-order valence-electron chi connectivity index (χ3n) is 5.41. The number of nitrogens with one attached hydrogen (secondary N) is 2. The van der Waals surface area contributed by atoms with Crippen LogP contribution in [0.3, 0.4) is 0 Å². The van der Waals surface area contributed by atoms with Crippen molar-refractivity contribution in [1.29, 1.82) is 0 Å². The van der Waals surface area contributed by atoms with Gasteiger partial charge in [-0.3, -0.25) is 9.89 Å². The molecule has 1 aromatic carbocycles. The van der Waals surface area contributed by atoms with Crippen molar-refractivity contribution in [3.8, 4) is 5.75 Å². The van der Waals surface area contributed by atoms with Crippen LogP contribution in [0.2, 0.25) is 0 Å². The Morgan fingerprint density at radius 1 is 1.36 bits per heavy atom. The van der Waals surface area contributed by atoms with Crippen LogP contribution >= 0.6 is 0 Å². The highest BCUT2D eigenvalue weighted by atomic mass is 19.3. The van der Waals surface area contributed by atoms with Gasteiger partial charge < -0.3 is 15.0 Å². The zero-order valence-electron chi connectivity index (χ0n) is 13.8. The average molecular weight is 350 g/mol. The van der Waals surface area contributed by atoms with Gasteiger partial charge in [0.25, 0.3) is 5.91 Å². The van der Waals surface area contributed by atoms with Crippen LogP contribution in [0.1, 0.15) is 36.2 Å². The van der Waals surface area contributed by atoms with Crippen LogP contribution < -0.4 is 10.1 Å². The third kappa shape index (κ3) is 3.06. The fourth-order valence-corrected chi connectivity index (χ4v) is 4.13. The second-order valence-corrected chi connectivity index (χ2v) is 6.85. The standard InChI is InChI=1S/C17H20F2N4O2/c1-23-10-2-3-11(23)7-9(6-10)20-16(24)15-13-5-4-12(25-17(18)19)8-14(13)21-22-15/h4-5,8-11,17H,2-3,6-7H2,1H3,(H,20,24)(H,21,22)/t9-,10+,11-. The first-order valence-corrected chi connectivity index (χ1v) is 8.47. The molecule has 2 saturated heterocycles. The van der Waals surface area contributed by atoms with E-state index in [9.17, 15) is 13.6 Å². The lowest BCUT2D eigenvalue weighted by atomic mass is 9.98. The van der Waals surface area contributed by atoms with Crippen molar-refractivity contribution >= 4 is 16.8 Å². The van der Waals surface area contributed by atoms with Crippen molar-refractivity contribution in [1.82, 2.24) is 20.4 Å². The molecular formula is C17H20F2N4O2. The number of hydrogen-bond donors (Lipinski definition) is 2. The molecule has 0 unspecified atom stereocenters. The minimum Gasteiger partial charge on any atom is -0.435 e. The number of alkyl halides is 2. The SMILES string of the molecule is CN1[C@@H]2CC[C@H]1C[C@@H](NC(=O)c1n[nH]c3cc(OC(F)F)ccc13)C2. The Labute approximate surface area is 143 Å². The number of carbonyl (C=O) groups excluding carboxylic acids is 1. The van der Waals surface area contributed by atoms with Gasteiger partial charge in [-0.25, -0.2) is 0 Å². The van der Waals surface area contributed by atoms with E-state index in [2.05, 4.69) is 32.2 Å². The van der Waals surface area contributed by atoms with Gasteiger partial charge in [0.15, 0.2) is 5.69 Å². The number of rotatable bonds is 4. The number of ether oxygens (including phenoxy) is 1. The number of aromatic amines is 1. The number of hydrogen-bond acceptors (Lipinski definition) is 4. The summed E-state index contributed by atoms with van der Waals surface area (Å²) in [6, 6.07) is 5.62. The lowest BCUT2D eigenvalue weighted by molar-refractivity contribution is -0.0497. The minimum atomic E-state index is -2.89. The van der Waals surface area contributed by atoms with E-state index in [1.165, 1.54) is 25.0 Å². The number of fused-ring (bicyclic) bond motifs is 3. The van der Waals surface area contributed by atoms with Gasteiger partial charge in [0.2, 0.25) is 0 Å². The molecule has 3 heterocycles. The van der Waals surface area contributed by atoms with Crippen LogP contribution in [0.4, 0.5) is 8.78 Å². The Hall–Kier alpha value is -2.22. The van der Waals surface area contributed by atoms with Crippen molar-refractivity contribution < 1.29 is 18.3 Å². The largest absolute Gasteiger partial charge is 0.435 e. The maximum absolute atomic E-state index is 12.6. The molecule has 0 radical (unpaired) electrons. The molecule has 134 valence electrons. The molecule has 0 aliphatic carbocycles. The first-order valence-electron chi connectivity index (χ1n) is 8.47. The predicted molar refractivity (Wildman–Crippen MR) is 87.8 cm³/mol. The molecule has 2 N–H and O–H groups in total. The molecule has 25 heavy (non-hydrogen) atoms. The molecule has 1 aromatic heterocycles. The van der Waals surface area contributed by atoms with Crippen LogP contribution in [-0.2, 0) is 0 Å². The summed E-state index contributed by atoms with van der Waals surface area (Å²) in [6.07, 6.45) is 4.28. The summed E-state index contributed by atoms with van der Waals surface area (Å²) < 4.78 is 29.0. The van der Waals surface area contributed by atoms with Crippen molar-refractivity contribution in [2.45, 2.75) is 50.4 Å². The molecule has 4 rings (SSSR count). The summed E-state index contributed by atoms with van der Waals surface area (Å²) in [5.41, 5.74) is 0.775. The van der Waals surface area contributed by atoms with Crippen molar-refractivity contribution in [2.75, 3.05) is 7.05 Å². The zero-order chi connectivity index (χ0) is 17.6. The van der Waals surface area contributed by atoms with E-state index in [0.717, 1.165) is 12.8 Å². The number of nitrogens with zero attached hydrogens (tertiary/aromatic N) is 2. The third-order valence-corrected chi connectivity index (χ3v) is 5.41. The van der Waals surface area contributed by atoms with Gasteiger partial charge in [-0.1, -0.05) is 0 Å². The second-order valence-electron chi connectivity index (χ2n) is 6.85. The Kier molecular flexibility index (Phi) is 4.07. The smallest absolute Gasteiger partial charge is 0.387 e. The zero-order valence-corrected chi connectivity index (χ0v) is 13.8. The van der Waals surface area contributed by atoms with Crippen molar-refractivity contribution in [2.24, 2.45) is 0 Å². The summed E-state index contributed by atoms with van der Waals surface area (Å²) in [7, 11) is 2.15. The fourth-order valence-electron chi connectivity index (χ4n) is 4.13. The van der Waals surface area contributed by atoms with Crippen LogP contribution in [-0.4, -0.2) is 52.8 Å². The maximum atomic E-state index is 12.6. The molecule has 2 bridgehead atoms. The van der Waals surface area contributed by atoms with Gasteiger partial charge in [0.05, 0.1) is 5.52 Å².